The molecule has 1 N–H and O–H groups in total. The minimum Gasteiger partial charge on any atom is -0.370 e. The molecule has 0 bridgehead atoms. The summed E-state index contributed by atoms with van der Waals surface area (Å²) in [4.78, 5) is 14.4. The van der Waals surface area contributed by atoms with E-state index in [2.05, 4.69) is 16.4 Å². The number of hydrogen-bond acceptors (Lipinski definition) is 4. The smallest absolute Gasteiger partial charge is 0.290 e. The fourth-order valence-corrected chi connectivity index (χ4v) is 2.32. The molecule has 0 atom stereocenters. The topological polar surface area (TPSA) is 68.1 Å². The molecule has 0 saturated carbocycles. The molecule has 5 nitrogen and oxygen atoms in total. The Labute approximate surface area is 112 Å². The quantitative estimate of drug-likeness (QED) is 0.499. The highest BCUT2D eigenvalue weighted by molar-refractivity contribution is 5.46. The Morgan fingerprint density at radius 2 is 2.32 bits per heavy atom. The van der Waals surface area contributed by atoms with E-state index >= 15 is 0 Å². The van der Waals surface area contributed by atoms with Crippen molar-refractivity contribution in [1.29, 1.82) is 0 Å². The van der Waals surface area contributed by atoms with E-state index < -0.39 is 4.92 Å². The van der Waals surface area contributed by atoms with E-state index in [4.69, 9.17) is 0 Å². The SMILES string of the molecule is Cc1cc(NCCC2=CCCCC2)ncc1[N+](=O)[O-]. The normalized spacial score (nSPS) is 14.9. The number of nitro groups is 1. The van der Waals surface area contributed by atoms with E-state index in [0.29, 0.717) is 11.4 Å². The standard InChI is InChI=1S/C14H19N3O2/c1-11-9-14(16-10-13(11)17(18)19)15-8-7-12-5-3-2-4-6-12/h5,9-10H,2-4,6-8H2,1H3,(H,15,16). The third-order valence-electron chi connectivity index (χ3n) is 3.42. The molecular weight excluding hydrogens is 242 g/mol. The van der Waals surface area contributed by atoms with Gasteiger partial charge in [0, 0.05) is 12.1 Å². The Bertz CT molecular complexity index is 497. The first-order valence-electron chi connectivity index (χ1n) is 6.69. The van der Waals surface area contributed by atoms with Crippen molar-refractivity contribution in [3.63, 3.8) is 0 Å². The lowest BCUT2D eigenvalue weighted by molar-refractivity contribution is -0.385. The molecule has 1 aliphatic carbocycles. The van der Waals surface area contributed by atoms with Crippen LogP contribution in [0.2, 0.25) is 0 Å². The van der Waals surface area contributed by atoms with Crippen LogP contribution >= 0.6 is 0 Å². The second-order valence-electron chi connectivity index (χ2n) is 4.90. The number of rotatable bonds is 5. The van der Waals surface area contributed by atoms with Crippen LogP contribution in [0.4, 0.5) is 11.5 Å². The van der Waals surface area contributed by atoms with E-state index in [1.165, 1.54) is 37.5 Å². The minimum atomic E-state index is -0.404. The van der Waals surface area contributed by atoms with E-state index in [9.17, 15) is 10.1 Å². The van der Waals surface area contributed by atoms with Crippen LogP contribution in [0.15, 0.2) is 23.9 Å². The van der Waals surface area contributed by atoms with Gasteiger partial charge in [0.1, 0.15) is 12.0 Å². The summed E-state index contributed by atoms with van der Waals surface area (Å²) in [5.41, 5.74) is 2.22. The molecule has 0 fully saturated rings. The Morgan fingerprint density at radius 3 is 2.95 bits per heavy atom. The third kappa shape index (κ3) is 3.77. The molecule has 1 aliphatic rings. The van der Waals surface area contributed by atoms with E-state index in [1.807, 2.05) is 0 Å². The number of nitrogens with one attached hydrogen (secondary N) is 1. The molecule has 0 radical (unpaired) electrons. The van der Waals surface area contributed by atoms with Crippen LogP contribution in [0.25, 0.3) is 0 Å². The molecule has 5 heteroatoms. The maximum Gasteiger partial charge on any atom is 0.290 e. The molecule has 102 valence electrons. The zero-order chi connectivity index (χ0) is 13.7. The molecule has 1 heterocycles. The van der Waals surface area contributed by atoms with Crippen LogP contribution in [-0.2, 0) is 0 Å². The molecule has 1 aromatic rings. The van der Waals surface area contributed by atoms with Gasteiger partial charge in [0.15, 0.2) is 0 Å². The number of aryl methyl sites for hydroxylation is 1. The van der Waals surface area contributed by atoms with Gasteiger partial charge < -0.3 is 5.32 Å². The summed E-state index contributed by atoms with van der Waals surface area (Å²) in [5, 5.41) is 13.9. The van der Waals surface area contributed by atoms with Crippen LogP contribution < -0.4 is 5.32 Å². The van der Waals surface area contributed by atoms with Gasteiger partial charge in [-0.15, -0.1) is 0 Å². The first-order chi connectivity index (χ1) is 9.16. The van der Waals surface area contributed by atoms with Gasteiger partial charge in [0.05, 0.1) is 4.92 Å². The van der Waals surface area contributed by atoms with Gasteiger partial charge in [0.2, 0.25) is 0 Å². The van der Waals surface area contributed by atoms with Crippen molar-refractivity contribution < 1.29 is 4.92 Å². The average Bonchev–Trinajstić information content (AvgIpc) is 2.39. The van der Waals surface area contributed by atoms with Gasteiger partial charge in [-0.25, -0.2) is 4.98 Å². The second kappa shape index (κ2) is 6.31. The molecule has 19 heavy (non-hydrogen) atoms. The van der Waals surface area contributed by atoms with Crippen molar-refractivity contribution in [1.82, 2.24) is 4.98 Å². The van der Waals surface area contributed by atoms with Crippen molar-refractivity contribution >= 4 is 11.5 Å². The molecule has 2 rings (SSSR count). The van der Waals surface area contributed by atoms with Gasteiger partial charge in [-0.05, 0) is 45.1 Å². The van der Waals surface area contributed by atoms with Gasteiger partial charge >= 0.3 is 0 Å². The lowest BCUT2D eigenvalue weighted by Crippen LogP contribution is -2.06. The van der Waals surface area contributed by atoms with Gasteiger partial charge in [-0.2, -0.15) is 0 Å². The molecule has 0 aromatic carbocycles. The fourth-order valence-electron chi connectivity index (χ4n) is 2.32. The number of nitrogens with zero attached hydrogens (tertiary/aromatic N) is 2. The summed E-state index contributed by atoms with van der Waals surface area (Å²) in [7, 11) is 0. The molecule has 0 spiro atoms. The van der Waals surface area contributed by atoms with Crippen molar-refractivity contribution in [3.8, 4) is 0 Å². The number of allylic oxidation sites excluding steroid dienone is 1. The summed E-state index contributed by atoms with van der Waals surface area (Å²) in [6.45, 7) is 2.56. The molecular formula is C14H19N3O2. The summed E-state index contributed by atoms with van der Waals surface area (Å²) in [5.74, 6) is 0.708. The van der Waals surface area contributed by atoms with Crippen LogP contribution in [-0.4, -0.2) is 16.5 Å². The zero-order valence-corrected chi connectivity index (χ0v) is 11.2. The molecule has 0 aliphatic heterocycles. The second-order valence-corrected chi connectivity index (χ2v) is 4.90. The van der Waals surface area contributed by atoms with Crippen molar-refractivity contribution in [2.75, 3.05) is 11.9 Å². The average molecular weight is 261 g/mol. The Morgan fingerprint density at radius 1 is 1.47 bits per heavy atom. The first kappa shape index (κ1) is 13.5. The van der Waals surface area contributed by atoms with E-state index in [-0.39, 0.29) is 5.69 Å². The van der Waals surface area contributed by atoms with Crippen molar-refractivity contribution in [2.45, 2.75) is 39.0 Å². The summed E-state index contributed by atoms with van der Waals surface area (Å²) in [6.07, 6.45) is 9.67. The highest BCUT2D eigenvalue weighted by Gasteiger charge is 2.11. The van der Waals surface area contributed by atoms with Crippen LogP contribution in [0.3, 0.4) is 0 Å². The largest absolute Gasteiger partial charge is 0.370 e. The lowest BCUT2D eigenvalue weighted by Gasteiger charge is -2.13. The van der Waals surface area contributed by atoms with Crippen LogP contribution in [0.5, 0.6) is 0 Å². The predicted octanol–water partition coefficient (Wildman–Crippen LogP) is 3.60. The van der Waals surface area contributed by atoms with Gasteiger partial charge in [0.25, 0.3) is 5.69 Å². The maximum absolute atomic E-state index is 10.7. The maximum atomic E-state index is 10.7. The van der Waals surface area contributed by atoms with Gasteiger partial charge in [-0.3, -0.25) is 10.1 Å². The molecule has 0 unspecified atom stereocenters. The van der Waals surface area contributed by atoms with Gasteiger partial charge in [-0.1, -0.05) is 11.6 Å². The summed E-state index contributed by atoms with van der Waals surface area (Å²) in [6, 6.07) is 1.73. The van der Waals surface area contributed by atoms with Crippen molar-refractivity contribution in [2.24, 2.45) is 0 Å². The third-order valence-corrected chi connectivity index (χ3v) is 3.42. The first-order valence-corrected chi connectivity index (χ1v) is 6.69. The summed E-state index contributed by atoms with van der Waals surface area (Å²) < 4.78 is 0. The number of hydrogen-bond donors (Lipinski definition) is 1. The number of pyridine rings is 1. The lowest BCUT2D eigenvalue weighted by atomic mass is 9.97. The Kier molecular flexibility index (Phi) is 4.49. The number of aromatic nitrogens is 1. The predicted molar refractivity (Wildman–Crippen MR) is 75.3 cm³/mol. The van der Waals surface area contributed by atoms with E-state index in [0.717, 1.165) is 13.0 Å². The Hall–Kier alpha value is -1.91. The van der Waals surface area contributed by atoms with Crippen molar-refractivity contribution in [3.05, 3.63) is 39.6 Å². The molecule has 0 amide bonds. The fraction of sp³-hybridized carbons (Fsp3) is 0.500. The summed E-state index contributed by atoms with van der Waals surface area (Å²) >= 11 is 0. The zero-order valence-electron chi connectivity index (χ0n) is 11.2. The molecule has 0 saturated heterocycles. The molecule has 1 aromatic heterocycles. The highest BCUT2D eigenvalue weighted by Crippen LogP contribution is 2.21. The van der Waals surface area contributed by atoms with Crippen LogP contribution in [0, 0.1) is 17.0 Å². The minimum absolute atomic E-state index is 0.0699. The highest BCUT2D eigenvalue weighted by atomic mass is 16.6. The van der Waals surface area contributed by atoms with Crippen LogP contribution in [0.1, 0.15) is 37.7 Å². The monoisotopic (exact) mass is 261 g/mol. The van der Waals surface area contributed by atoms with E-state index in [1.54, 1.807) is 13.0 Å². The number of anilines is 1. The Balaban J connectivity index is 1.87.